The van der Waals surface area contributed by atoms with Crippen LogP contribution >= 0.6 is 11.8 Å². The van der Waals surface area contributed by atoms with Gasteiger partial charge in [0.05, 0.1) is 12.0 Å². The second-order valence-electron chi connectivity index (χ2n) is 4.71. The van der Waals surface area contributed by atoms with Crippen molar-refractivity contribution >= 4 is 23.6 Å². The summed E-state index contributed by atoms with van der Waals surface area (Å²) < 4.78 is 5.43. The van der Waals surface area contributed by atoms with E-state index in [9.17, 15) is 14.7 Å². The summed E-state index contributed by atoms with van der Waals surface area (Å²) in [7, 11) is 0. The van der Waals surface area contributed by atoms with Gasteiger partial charge in [0, 0.05) is 0 Å². The molecule has 0 radical (unpaired) electrons. The average molecular weight is 310 g/mol. The number of hydrogen-bond acceptors (Lipinski definition) is 5. The highest BCUT2D eigenvalue weighted by Gasteiger charge is 2.14. The first-order valence-corrected chi connectivity index (χ1v) is 8.03. The molecule has 1 N–H and O–H groups in total. The van der Waals surface area contributed by atoms with Gasteiger partial charge in [-0.25, -0.2) is 0 Å². The van der Waals surface area contributed by atoms with Gasteiger partial charge in [0.2, 0.25) is 0 Å². The molecular formula is C15H20NO4S-. The van der Waals surface area contributed by atoms with Crippen LogP contribution in [0.1, 0.15) is 17.5 Å². The van der Waals surface area contributed by atoms with E-state index in [1.165, 1.54) is 11.8 Å². The number of thioether (sulfide) groups is 1. The fourth-order valence-electron chi connectivity index (χ4n) is 1.74. The highest BCUT2D eigenvalue weighted by molar-refractivity contribution is 7.98. The highest BCUT2D eigenvalue weighted by Crippen LogP contribution is 2.20. The first-order valence-electron chi connectivity index (χ1n) is 6.64. The molecule has 1 aromatic rings. The van der Waals surface area contributed by atoms with Crippen molar-refractivity contribution in [1.29, 1.82) is 0 Å². The van der Waals surface area contributed by atoms with E-state index in [1.807, 2.05) is 32.2 Å². The Morgan fingerprint density at radius 2 is 2.10 bits per heavy atom. The van der Waals surface area contributed by atoms with Crippen LogP contribution in [-0.4, -0.2) is 36.5 Å². The lowest BCUT2D eigenvalue weighted by Crippen LogP contribution is -2.49. The average Bonchev–Trinajstić information content (AvgIpc) is 2.44. The number of hydrogen-bond donors (Lipinski definition) is 1. The predicted octanol–water partition coefficient (Wildman–Crippen LogP) is 0.670. The van der Waals surface area contributed by atoms with Crippen LogP contribution in [0.25, 0.3) is 0 Å². The Morgan fingerprint density at radius 3 is 2.71 bits per heavy atom. The van der Waals surface area contributed by atoms with E-state index in [1.54, 1.807) is 6.07 Å². The summed E-state index contributed by atoms with van der Waals surface area (Å²) >= 11 is 1.51. The Kier molecular flexibility index (Phi) is 7.08. The maximum Gasteiger partial charge on any atom is 0.258 e. The molecule has 1 amide bonds. The monoisotopic (exact) mass is 310 g/mol. The summed E-state index contributed by atoms with van der Waals surface area (Å²) in [5, 5.41) is 13.4. The summed E-state index contributed by atoms with van der Waals surface area (Å²) in [4.78, 5) is 22.7. The number of carbonyl (C=O) groups excluding carboxylic acids is 2. The van der Waals surface area contributed by atoms with Crippen LogP contribution in [0.4, 0.5) is 0 Å². The molecule has 0 unspecified atom stereocenters. The van der Waals surface area contributed by atoms with Crippen LogP contribution in [0.2, 0.25) is 0 Å². The number of aliphatic carboxylic acids is 1. The molecule has 6 heteroatoms. The van der Waals surface area contributed by atoms with Gasteiger partial charge in [0.15, 0.2) is 6.61 Å². The van der Waals surface area contributed by atoms with Gasteiger partial charge >= 0.3 is 0 Å². The van der Waals surface area contributed by atoms with Gasteiger partial charge in [0.1, 0.15) is 5.75 Å². The molecule has 0 aliphatic carbocycles. The van der Waals surface area contributed by atoms with Crippen molar-refractivity contribution in [2.24, 2.45) is 0 Å². The van der Waals surface area contributed by atoms with Crippen molar-refractivity contribution in [3.8, 4) is 5.75 Å². The SMILES string of the molecule is CSCC[C@@H](NC(=O)COc1cccc(C)c1C)C(=O)[O-]. The van der Waals surface area contributed by atoms with Crippen LogP contribution in [0.3, 0.4) is 0 Å². The van der Waals surface area contributed by atoms with Crippen LogP contribution in [0.15, 0.2) is 18.2 Å². The Bertz CT molecular complexity index is 504. The summed E-state index contributed by atoms with van der Waals surface area (Å²) in [6, 6.07) is 4.60. The predicted molar refractivity (Wildman–Crippen MR) is 81.3 cm³/mol. The molecule has 1 atom stereocenters. The van der Waals surface area contributed by atoms with Crippen LogP contribution in [0, 0.1) is 13.8 Å². The van der Waals surface area contributed by atoms with Gasteiger partial charge in [-0.05, 0) is 49.5 Å². The number of carboxylic acid groups (broad SMARTS) is 1. The van der Waals surface area contributed by atoms with Crippen LogP contribution in [0.5, 0.6) is 5.75 Å². The quantitative estimate of drug-likeness (QED) is 0.763. The molecule has 0 bridgehead atoms. The lowest BCUT2D eigenvalue weighted by molar-refractivity contribution is -0.308. The van der Waals surface area contributed by atoms with Gasteiger partial charge in [-0.1, -0.05) is 12.1 Å². The van der Waals surface area contributed by atoms with Crippen molar-refractivity contribution in [2.45, 2.75) is 26.3 Å². The second-order valence-corrected chi connectivity index (χ2v) is 5.69. The minimum atomic E-state index is -1.27. The van der Waals surface area contributed by atoms with E-state index in [2.05, 4.69) is 5.32 Å². The van der Waals surface area contributed by atoms with Crippen molar-refractivity contribution in [2.75, 3.05) is 18.6 Å². The minimum absolute atomic E-state index is 0.215. The summed E-state index contributed by atoms with van der Waals surface area (Å²) in [6.07, 6.45) is 2.20. The molecule has 0 aliphatic heterocycles. The van der Waals surface area contributed by atoms with E-state index in [0.717, 1.165) is 11.1 Å². The van der Waals surface area contributed by atoms with E-state index in [0.29, 0.717) is 17.9 Å². The van der Waals surface area contributed by atoms with Crippen molar-refractivity contribution < 1.29 is 19.4 Å². The summed E-state index contributed by atoms with van der Waals surface area (Å²) in [6.45, 7) is 3.65. The maximum atomic E-state index is 11.8. The molecule has 21 heavy (non-hydrogen) atoms. The lowest BCUT2D eigenvalue weighted by Gasteiger charge is -2.19. The van der Waals surface area contributed by atoms with Crippen molar-refractivity contribution in [1.82, 2.24) is 5.32 Å². The molecule has 1 rings (SSSR count). The zero-order chi connectivity index (χ0) is 15.8. The topological polar surface area (TPSA) is 78.5 Å². The normalized spacial score (nSPS) is 11.8. The molecule has 0 spiro atoms. The maximum absolute atomic E-state index is 11.8. The standard InChI is InChI=1S/C15H21NO4S/c1-10-5-4-6-13(11(10)2)20-9-14(17)16-12(15(18)19)7-8-21-3/h4-6,12H,7-9H2,1-3H3,(H,16,17)(H,18,19)/p-1/t12-/m1/s1. The molecule has 0 aromatic heterocycles. The number of carboxylic acids is 1. The van der Waals surface area contributed by atoms with Gasteiger partial charge in [-0.3, -0.25) is 4.79 Å². The van der Waals surface area contributed by atoms with Crippen LogP contribution < -0.4 is 15.2 Å². The zero-order valence-electron chi connectivity index (χ0n) is 12.5. The molecule has 116 valence electrons. The largest absolute Gasteiger partial charge is 0.548 e. The smallest absolute Gasteiger partial charge is 0.258 e. The Hall–Kier alpha value is -1.69. The van der Waals surface area contributed by atoms with Crippen LogP contribution in [-0.2, 0) is 9.59 Å². The summed E-state index contributed by atoms with van der Waals surface area (Å²) in [5.74, 6) is -0.480. The molecule has 0 saturated carbocycles. The third-order valence-corrected chi connectivity index (χ3v) is 3.79. The highest BCUT2D eigenvalue weighted by atomic mass is 32.2. The van der Waals surface area contributed by atoms with Gasteiger partial charge in [-0.15, -0.1) is 0 Å². The number of benzene rings is 1. The van der Waals surface area contributed by atoms with Gasteiger partial charge in [-0.2, -0.15) is 11.8 Å². The third kappa shape index (κ3) is 5.67. The summed E-state index contributed by atoms with van der Waals surface area (Å²) in [5.41, 5.74) is 2.03. The minimum Gasteiger partial charge on any atom is -0.548 e. The Balaban J connectivity index is 2.52. The number of aryl methyl sites for hydroxylation is 1. The Labute approximate surface area is 129 Å². The molecule has 0 aliphatic rings. The molecular weight excluding hydrogens is 290 g/mol. The molecule has 0 fully saturated rings. The van der Waals surface area contributed by atoms with E-state index >= 15 is 0 Å². The van der Waals surface area contributed by atoms with Gasteiger partial charge < -0.3 is 20.0 Å². The second kappa shape index (κ2) is 8.56. The van der Waals surface area contributed by atoms with E-state index in [4.69, 9.17) is 4.74 Å². The number of carbonyl (C=O) groups is 2. The molecule has 5 nitrogen and oxygen atoms in total. The number of amides is 1. The Morgan fingerprint density at radius 1 is 1.38 bits per heavy atom. The fraction of sp³-hybridized carbons (Fsp3) is 0.467. The first kappa shape index (κ1) is 17.4. The molecule has 0 saturated heterocycles. The first-order chi connectivity index (χ1) is 9.95. The number of rotatable bonds is 8. The van der Waals surface area contributed by atoms with Gasteiger partial charge in [0.25, 0.3) is 5.91 Å². The third-order valence-electron chi connectivity index (χ3n) is 3.14. The molecule has 1 aromatic carbocycles. The lowest BCUT2D eigenvalue weighted by atomic mass is 10.1. The van der Waals surface area contributed by atoms with E-state index in [-0.39, 0.29) is 6.61 Å². The zero-order valence-corrected chi connectivity index (χ0v) is 13.3. The number of nitrogens with one attached hydrogen (secondary N) is 1. The van der Waals surface area contributed by atoms with E-state index < -0.39 is 17.9 Å². The molecule has 0 heterocycles. The number of ether oxygens (including phenoxy) is 1. The fourth-order valence-corrected chi connectivity index (χ4v) is 2.22. The van der Waals surface area contributed by atoms with Crippen molar-refractivity contribution in [3.63, 3.8) is 0 Å². The van der Waals surface area contributed by atoms with Crippen molar-refractivity contribution in [3.05, 3.63) is 29.3 Å².